The Labute approximate surface area is 178 Å². The topological polar surface area (TPSA) is 69.7 Å². The molecular formula is C23H23F2N3O3. The summed E-state index contributed by atoms with van der Waals surface area (Å²) in [5, 5.41) is 2.64. The number of nitrogens with one attached hydrogen (secondary N) is 1. The van der Waals surface area contributed by atoms with Crippen molar-refractivity contribution in [3.05, 3.63) is 59.2 Å². The van der Waals surface area contributed by atoms with Gasteiger partial charge < -0.3 is 15.1 Å². The Bertz CT molecular complexity index is 1060. The SMILES string of the molecule is CCC(=O)N1CCc2cc(N3CC(C(=O)NCc4ccc(F)cc4F)CC3=O)ccc21. The van der Waals surface area contributed by atoms with Crippen LogP contribution in [0.4, 0.5) is 20.2 Å². The van der Waals surface area contributed by atoms with E-state index in [0.717, 1.165) is 29.8 Å². The van der Waals surface area contributed by atoms with Crippen molar-refractivity contribution in [3.8, 4) is 0 Å². The minimum atomic E-state index is -0.724. The fourth-order valence-corrected chi connectivity index (χ4v) is 4.13. The zero-order valence-corrected chi connectivity index (χ0v) is 17.2. The van der Waals surface area contributed by atoms with E-state index in [1.165, 1.54) is 6.07 Å². The van der Waals surface area contributed by atoms with Crippen molar-refractivity contribution in [1.29, 1.82) is 0 Å². The molecule has 2 heterocycles. The molecule has 162 valence electrons. The van der Waals surface area contributed by atoms with Crippen molar-refractivity contribution in [3.63, 3.8) is 0 Å². The van der Waals surface area contributed by atoms with Gasteiger partial charge in [0.05, 0.1) is 5.92 Å². The van der Waals surface area contributed by atoms with E-state index in [9.17, 15) is 23.2 Å². The van der Waals surface area contributed by atoms with Gasteiger partial charge in [0.2, 0.25) is 17.7 Å². The number of amides is 3. The quantitative estimate of drug-likeness (QED) is 0.798. The van der Waals surface area contributed by atoms with E-state index in [4.69, 9.17) is 0 Å². The lowest BCUT2D eigenvalue weighted by Crippen LogP contribution is -2.32. The fraction of sp³-hybridized carbons (Fsp3) is 0.348. The maximum absolute atomic E-state index is 13.8. The molecule has 2 aromatic rings. The second-order valence-corrected chi connectivity index (χ2v) is 7.82. The van der Waals surface area contributed by atoms with Gasteiger partial charge in [0.25, 0.3) is 0 Å². The van der Waals surface area contributed by atoms with Crippen LogP contribution in [0.5, 0.6) is 0 Å². The van der Waals surface area contributed by atoms with Gasteiger partial charge in [-0.3, -0.25) is 14.4 Å². The molecule has 31 heavy (non-hydrogen) atoms. The van der Waals surface area contributed by atoms with Crippen LogP contribution >= 0.6 is 0 Å². The number of halogens is 2. The predicted octanol–water partition coefficient (Wildman–Crippen LogP) is 2.93. The Morgan fingerprint density at radius 3 is 2.71 bits per heavy atom. The van der Waals surface area contributed by atoms with E-state index in [0.29, 0.717) is 18.7 Å². The Balaban J connectivity index is 1.41. The third-order valence-electron chi connectivity index (χ3n) is 5.84. The normalized spacial score (nSPS) is 17.8. The number of hydrogen-bond acceptors (Lipinski definition) is 3. The summed E-state index contributed by atoms with van der Waals surface area (Å²) in [5.74, 6) is -2.40. The molecular weight excluding hydrogens is 404 g/mol. The summed E-state index contributed by atoms with van der Waals surface area (Å²) < 4.78 is 26.8. The molecule has 1 N–H and O–H groups in total. The van der Waals surface area contributed by atoms with Gasteiger partial charge in [0, 0.05) is 55.5 Å². The average Bonchev–Trinajstić information content (AvgIpc) is 3.35. The molecule has 3 amide bonds. The van der Waals surface area contributed by atoms with Crippen LogP contribution in [0, 0.1) is 17.6 Å². The van der Waals surface area contributed by atoms with E-state index < -0.39 is 17.6 Å². The highest BCUT2D eigenvalue weighted by Gasteiger charge is 2.36. The van der Waals surface area contributed by atoms with Crippen LogP contribution in [0.25, 0.3) is 0 Å². The Morgan fingerprint density at radius 1 is 1.16 bits per heavy atom. The number of fused-ring (bicyclic) bond motifs is 1. The first-order chi connectivity index (χ1) is 14.9. The highest BCUT2D eigenvalue weighted by molar-refractivity contribution is 6.01. The summed E-state index contributed by atoms with van der Waals surface area (Å²) in [5.41, 5.74) is 2.76. The summed E-state index contributed by atoms with van der Waals surface area (Å²) in [4.78, 5) is 40.5. The highest BCUT2D eigenvalue weighted by Crippen LogP contribution is 2.34. The van der Waals surface area contributed by atoms with Gasteiger partial charge >= 0.3 is 0 Å². The number of anilines is 2. The fourth-order valence-electron chi connectivity index (χ4n) is 4.13. The van der Waals surface area contributed by atoms with Crippen LogP contribution in [0.2, 0.25) is 0 Å². The van der Waals surface area contributed by atoms with Gasteiger partial charge in [-0.2, -0.15) is 0 Å². The molecule has 1 atom stereocenters. The lowest BCUT2D eigenvalue weighted by molar-refractivity contribution is -0.126. The van der Waals surface area contributed by atoms with Crippen molar-refractivity contribution in [1.82, 2.24) is 5.32 Å². The molecule has 2 aliphatic rings. The van der Waals surface area contributed by atoms with Crippen molar-refractivity contribution in [2.45, 2.75) is 32.7 Å². The van der Waals surface area contributed by atoms with Gasteiger partial charge in [-0.05, 0) is 36.2 Å². The van der Waals surface area contributed by atoms with Crippen LogP contribution in [-0.4, -0.2) is 30.8 Å². The van der Waals surface area contributed by atoms with Crippen molar-refractivity contribution < 1.29 is 23.2 Å². The van der Waals surface area contributed by atoms with E-state index in [1.807, 2.05) is 19.1 Å². The molecule has 0 aliphatic carbocycles. The third kappa shape index (κ3) is 4.15. The average molecular weight is 427 g/mol. The standard InChI is InChI=1S/C23H23F2N3O3/c1-2-21(29)27-8-7-14-9-18(5-6-20(14)27)28-13-16(10-22(28)30)23(31)26-12-15-3-4-17(24)11-19(15)25/h3-6,9,11,16H,2,7-8,10,12-13H2,1H3,(H,26,31). The molecule has 0 aromatic heterocycles. The molecule has 2 aliphatic heterocycles. The minimum Gasteiger partial charge on any atom is -0.352 e. The van der Waals surface area contributed by atoms with E-state index in [2.05, 4.69) is 5.32 Å². The number of rotatable bonds is 5. The van der Waals surface area contributed by atoms with Gasteiger partial charge in [-0.15, -0.1) is 0 Å². The lowest BCUT2D eigenvalue weighted by Gasteiger charge is -2.20. The molecule has 1 unspecified atom stereocenters. The monoisotopic (exact) mass is 427 g/mol. The zero-order chi connectivity index (χ0) is 22.1. The molecule has 0 saturated carbocycles. The maximum Gasteiger partial charge on any atom is 0.227 e. The van der Waals surface area contributed by atoms with Crippen LogP contribution < -0.4 is 15.1 Å². The third-order valence-corrected chi connectivity index (χ3v) is 5.84. The largest absolute Gasteiger partial charge is 0.352 e. The molecule has 0 spiro atoms. The predicted molar refractivity (Wildman–Crippen MR) is 111 cm³/mol. The minimum absolute atomic E-state index is 0.0647. The first-order valence-electron chi connectivity index (χ1n) is 10.3. The van der Waals surface area contributed by atoms with Crippen LogP contribution in [-0.2, 0) is 27.3 Å². The molecule has 0 radical (unpaired) electrons. The van der Waals surface area contributed by atoms with Gasteiger partial charge in [0.15, 0.2) is 0 Å². The lowest BCUT2D eigenvalue weighted by atomic mass is 10.1. The summed E-state index contributed by atoms with van der Waals surface area (Å²) in [6.07, 6.45) is 1.23. The van der Waals surface area contributed by atoms with Crippen molar-refractivity contribution in [2.24, 2.45) is 5.92 Å². The van der Waals surface area contributed by atoms with Crippen LogP contribution in [0.15, 0.2) is 36.4 Å². The molecule has 0 bridgehead atoms. The number of carbonyl (C=O) groups excluding carboxylic acids is 3. The summed E-state index contributed by atoms with van der Waals surface area (Å²) in [7, 11) is 0. The molecule has 1 saturated heterocycles. The molecule has 4 rings (SSSR count). The Kier molecular flexibility index (Phi) is 5.71. The Hall–Kier alpha value is -3.29. The number of hydrogen-bond donors (Lipinski definition) is 1. The summed E-state index contributed by atoms with van der Waals surface area (Å²) >= 11 is 0. The number of benzene rings is 2. The first-order valence-corrected chi connectivity index (χ1v) is 10.3. The Morgan fingerprint density at radius 2 is 1.97 bits per heavy atom. The van der Waals surface area contributed by atoms with Crippen LogP contribution in [0.3, 0.4) is 0 Å². The molecule has 1 fully saturated rings. The molecule has 8 heteroatoms. The summed E-state index contributed by atoms with van der Waals surface area (Å²) in [6, 6.07) is 8.74. The van der Waals surface area contributed by atoms with E-state index >= 15 is 0 Å². The molecule has 6 nitrogen and oxygen atoms in total. The van der Waals surface area contributed by atoms with Gasteiger partial charge in [-0.1, -0.05) is 13.0 Å². The zero-order valence-electron chi connectivity index (χ0n) is 17.2. The second-order valence-electron chi connectivity index (χ2n) is 7.82. The molecule has 2 aromatic carbocycles. The number of nitrogens with zero attached hydrogens (tertiary/aromatic N) is 2. The van der Waals surface area contributed by atoms with Gasteiger partial charge in [0.1, 0.15) is 11.6 Å². The van der Waals surface area contributed by atoms with Crippen molar-refractivity contribution in [2.75, 3.05) is 22.9 Å². The number of carbonyl (C=O) groups is 3. The smallest absolute Gasteiger partial charge is 0.227 e. The van der Waals surface area contributed by atoms with E-state index in [1.54, 1.807) is 15.9 Å². The van der Waals surface area contributed by atoms with Crippen molar-refractivity contribution >= 4 is 29.1 Å². The van der Waals surface area contributed by atoms with E-state index in [-0.39, 0.29) is 42.8 Å². The summed E-state index contributed by atoms with van der Waals surface area (Å²) in [6.45, 7) is 2.61. The van der Waals surface area contributed by atoms with Crippen LogP contribution in [0.1, 0.15) is 30.9 Å². The first kappa shape index (κ1) is 21.0. The maximum atomic E-state index is 13.8. The highest BCUT2D eigenvalue weighted by atomic mass is 19.1. The second kappa shape index (κ2) is 8.45. The van der Waals surface area contributed by atoms with Gasteiger partial charge in [-0.25, -0.2) is 8.78 Å².